The molecular weight excluding hydrogens is 226 g/mol. The van der Waals surface area contributed by atoms with Crippen molar-refractivity contribution in [3.8, 4) is 6.07 Å². The van der Waals surface area contributed by atoms with Crippen LogP contribution in [0.4, 0.5) is 0 Å². The molecule has 2 unspecified atom stereocenters. The molecule has 0 saturated heterocycles. The fourth-order valence-electron chi connectivity index (χ4n) is 1.74. The van der Waals surface area contributed by atoms with Gasteiger partial charge in [-0.25, -0.2) is 0 Å². The van der Waals surface area contributed by atoms with Gasteiger partial charge in [0.15, 0.2) is 0 Å². The van der Waals surface area contributed by atoms with Gasteiger partial charge in [-0.05, 0) is 26.2 Å². The number of amides is 1. The lowest BCUT2D eigenvalue weighted by Gasteiger charge is -2.29. The van der Waals surface area contributed by atoms with Crippen LogP contribution >= 0.6 is 0 Å². The third kappa shape index (κ3) is 6.61. The summed E-state index contributed by atoms with van der Waals surface area (Å²) in [5, 5.41) is 11.7. The van der Waals surface area contributed by atoms with Gasteiger partial charge in [0.05, 0.1) is 12.1 Å². The minimum Gasteiger partial charge on any atom is -0.352 e. The average molecular weight is 253 g/mol. The Kier molecular flexibility index (Phi) is 8.40. The normalized spacial score (nSPS) is 14.3. The van der Waals surface area contributed by atoms with Crippen LogP contribution in [0.5, 0.6) is 0 Å². The summed E-state index contributed by atoms with van der Waals surface area (Å²) < 4.78 is 0. The van der Waals surface area contributed by atoms with E-state index in [2.05, 4.69) is 37.1 Å². The monoisotopic (exact) mass is 253 g/mol. The number of rotatable bonds is 8. The Morgan fingerprint density at radius 2 is 1.94 bits per heavy atom. The first kappa shape index (κ1) is 16.9. The van der Waals surface area contributed by atoms with Crippen LogP contribution in [0.1, 0.15) is 47.5 Å². The highest BCUT2D eigenvalue weighted by atomic mass is 16.2. The summed E-state index contributed by atoms with van der Waals surface area (Å²) in [4.78, 5) is 14.2. The number of nitriles is 1. The maximum absolute atomic E-state index is 12.1. The van der Waals surface area contributed by atoms with Gasteiger partial charge < -0.3 is 5.32 Å². The van der Waals surface area contributed by atoms with E-state index < -0.39 is 0 Å². The van der Waals surface area contributed by atoms with Crippen molar-refractivity contribution in [1.82, 2.24) is 10.2 Å². The fourth-order valence-corrected chi connectivity index (χ4v) is 1.74. The van der Waals surface area contributed by atoms with E-state index in [9.17, 15) is 4.79 Å². The first-order valence-electron chi connectivity index (χ1n) is 6.83. The quantitative estimate of drug-likeness (QED) is 0.721. The number of carbonyl (C=O) groups excluding carboxylic acids is 1. The first-order chi connectivity index (χ1) is 8.42. The van der Waals surface area contributed by atoms with Gasteiger partial charge in [-0.15, -0.1) is 0 Å². The zero-order chi connectivity index (χ0) is 14.1. The topological polar surface area (TPSA) is 56.1 Å². The molecule has 1 N–H and O–H groups in total. The largest absolute Gasteiger partial charge is 0.352 e. The molecule has 0 aromatic heterocycles. The minimum absolute atomic E-state index is 0.0583. The van der Waals surface area contributed by atoms with Gasteiger partial charge in [0, 0.05) is 25.6 Å². The molecule has 2 atom stereocenters. The van der Waals surface area contributed by atoms with Gasteiger partial charge in [-0.2, -0.15) is 5.26 Å². The highest BCUT2D eigenvalue weighted by Crippen LogP contribution is 2.06. The second kappa shape index (κ2) is 8.93. The van der Waals surface area contributed by atoms with Crippen molar-refractivity contribution in [3.05, 3.63) is 0 Å². The van der Waals surface area contributed by atoms with Crippen molar-refractivity contribution in [1.29, 1.82) is 5.26 Å². The van der Waals surface area contributed by atoms with Crippen LogP contribution in [0.25, 0.3) is 0 Å². The molecule has 0 radical (unpaired) electrons. The van der Waals surface area contributed by atoms with Crippen LogP contribution in [0.3, 0.4) is 0 Å². The lowest BCUT2D eigenvalue weighted by atomic mass is 10.1. The third-order valence-electron chi connectivity index (χ3n) is 3.04. The number of hydrogen-bond donors (Lipinski definition) is 1. The van der Waals surface area contributed by atoms with Gasteiger partial charge in [0.1, 0.15) is 0 Å². The highest BCUT2D eigenvalue weighted by Gasteiger charge is 2.22. The number of nitrogens with one attached hydrogen (secondary N) is 1. The molecule has 0 aromatic carbocycles. The Bertz CT molecular complexity index is 283. The molecular formula is C14H27N3O. The zero-order valence-electron chi connectivity index (χ0n) is 12.4. The molecule has 0 fully saturated rings. The molecule has 0 aromatic rings. The molecule has 0 bridgehead atoms. The predicted octanol–water partition coefficient (Wildman–Crippen LogP) is 2.16. The minimum atomic E-state index is -0.172. The van der Waals surface area contributed by atoms with Crippen LogP contribution in [0.15, 0.2) is 0 Å². The van der Waals surface area contributed by atoms with E-state index >= 15 is 0 Å². The van der Waals surface area contributed by atoms with Gasteiger partial charge in [0.25, 0.3) is 0 Å². The molecule has 0 spiro atoms. The zero-order valence-corrected chi connectivity index (χ0v) is 12.4. The summed E-state index contributed by atoms with van der Waals surface area (Å²) in [5.41, 5.74) is 0. The molecule has 4 nitrogen and oxygen atoms in total. The van der Waals surface area contributed by atoms with Crippen molar-refractivity contribution in [2.24, 2.45) is 5.92 Å². The summed E-state index contributed by atoms with van der Waals surface area (Å²) in [7, 11) is 0. The van der Waals surface area contributed by atoms with Gasteiger partial charge in [0.2, 0.25) is 5.91 Å². The van der Waals surface area contributed by atoms with Crippen LogP contribution in [0, 0.1) is 17.2 Å². The van der Waals surface area contributed by atoms with E-state index in [-0.39, 0.29) is 18.0 Å². The molecule has 0 heterocycles. The summed E-state index contributed by atoms with van der Waals surface area (Å²) >= 11 is 0. The SMILES string of the molecule is CCC(C)NC(=O)C(C)N(CCC#N)CC(C)C. The number of carbonyl (C=O) groups is 1. The van der Waals surface area contributed by atoms with Gasteiger partial charge >= 0.3 is 0 Å². The van der Waals surface area contributed by atoms with Crippen LogP contribution in [-0.4, -0.2) is 36.0 Å². The molecule has 0 aliphatic rings. The van der Waals surface area contributed by atoms with Gasteiger partial charge in [-0.3, -0.25) is 9.69 Å². The molecule has 0 rings (SSSR count). The Balaban J connectivity index is 4.47. The van der Waals surface area contributed by atoms with Crippen LogP contribution < -0.4 is 5.32 Å². The number of nitrogens with zero attached hydrogens (tertiary/aromatic N) is 2. The molecule has 4 heteroatoms. The average Bonchev–Trinajstić information content (AvgIpc) is 2.32. The first-order valence-corrected chi connectivity index (χ1v) is 6.83. The van der Waals surface area contributed by atoms with E-state index in [1.54, 1.807) is 0 Å². The fraction of sp³-hybridized carbons (Fsp3) is 0.857. The second-order valence-electron chi connectivity index (χ2n) is 5.29. The van der Waals surface area contributed by atoms with E-state index in [4.69, 9.17) is 5.26 Å². The lowest BCUT2D eigenvalue weighted by Crippen LogP contribution is -2.48. The van der Waals surface area contributed by atoms with Crippen molar-refractivity contribution in [2.45, 2.75) is 59.5 Å². The van der Waals surface area contributed by atoms with Crippen molar-refractivity contribution in [3.63, 3.8) is 0 Å². The van der Waals surface area contributed by atoms with Crippen LogP contribution in [-0.2, 0) is 4.79 Å². The molecule has 1 amide bonds. The molecule has 18 heavy (non-hydrogen) atoms. The Morgan fingerprint density at radius 3 is 2.39 bits per heavy atom. The molecule has 0 saturated carbocycles. The van der Waals surface area contributed by atoms with Crippen LogP contribution in [0.2, 0.25) is 0 Å². The molecule has 0 aliphatic heterocycles. The predicted molar refractivity (Wildman–Crippen MR) is 74.0 cm³/mol. The Hall–Kier alpha value is -1.08. The van der Waals surface area contributed by atoms with Crippen molar-refractivity contribution < 1.29 is 4.79 Å². The second-order valence-corrected chi connectivity index (χ2v) is 5.29. The Labute approximate surface area is 111 Å². The maximum atomic E-state index is 12.1. The molecule has 104 valence electrons. The van der Waals surface area contributed by atoms with Crippen molar-refractivity contribution in [2.75, 3.05) is 13.1 Å². The Morgan fingerprint density at radius 1 is 1.33 bits per heavy atom. The summed E-state index contributed by atoms with van der Waals surface area (Å²) in [6.45, 7) is 11.7. The van der Waals surface area contributed by atoms with E-state index in [0.717, 1.165) is 13.0 Å². The summed E-state index contributed by atoms with van der Waals surface area (Å²) in [6, 6.07) is 2.18. The van der Waals surface area contributed by atoms with E-state index in [1.807, 2.05) is 13.8 Å². The maximum Gasteiger partial charge on any atom is 0.237 e. The van der Waals surface area contributed by atoms with E-state index in [0.29, 0.717) is 18.9 Å². The smallest absolute Gasteiger partial charge is 0.237 e. The summed E-state index contributed by atoms with van der Waals surface area (Å²) in [5.74, 6) is 0.547. The molecule has 0 aliphatic carbocycles. The number of hydrogen-bond acceptors (Lipinski definition) is 3. The lowest BCUT2D eigenvalue weighted by molar-refractivity contribution is -0.126. The van der Waals surface area contributed by atoms with Gasteiger partial charge in [-0.1, -0.05) is 20.8 Å². The van der Waals surface area contributed by atoms with E-state index in [1.165, 1.54) is 0 Å². The standard InChI is InChI=1S/C14H27N3O/c1-6-12(4)16-14(18)13(5)17(9-7-8-15)10-11(2)3/h11-13H,6-7,9-10H2,1-5H3,(H,16,18). The van der Waals surface area contributed by atoms with Crippen molar-refractivity contribution >= 4 is 5.91 Å². The highest BCUT2D eigenvalue weighted by molar-refractivity contribution is 5.81. The third-order valence-corrected chi connectivity index (χ3v) is 3.04. The summed E-state index contributed by atoms with van der Waals surface area (Å²) in [6.07, 6.45) is 1.40.